The molecule has 3 N–H and O–H groups in total. The van der Waals surface area contributed by atoms with Gasteiger partial charge in [-0.15, -0.1) is 0 Å². The molecule has 3 unspecified atom stereocenters. The molecule has 2 aliphatic carbocycles. The van der Waals surface area contributed by atoms with Gasteiger partial charge in [-0.3, -0.25) is 29.5 Å². The van der Waals surface area contributed by atoms with Crippen molar-refractivity contribution in [3.63, 3.8) is 0 Å². The summed E-state index contributed by atoms with van der Waals surface area (Å²) in [6.07, 6.45) is 12.1. The Bertz CT molecular complexity index is 3140. The number of pyridine rings is 1. The minimum atomic E-state index is -0.648. The number of anilines is 2. The Balaban J connectivity index is 0.651. The number of piperidine rings is 2. The number of imide groups is 1. The van der Waals surface area contributed by atoms with E-state index in [-0.39, 0.29) is 46.0 Å². The monoisotopic (exact) mass is 980 g/mol. The second kappa shape index (κ2) is 17.6. The maximum absolute atomic E-state index is 17.2. The lowest BCUT2D eigenvalue weighted by atomic mass is 9.60. The van der Waals surface area contributed by atoms with E-state index in [1.54, 1.807) is 18.3 Å². The van der Waals surface area contributed by atoms with Gasteiger partial charge >= 0.3 is 6.01 Å². The summed E-state index contributed by atoms with van der Waals surface area (Å²) in [5.41, 5.74) is 4.22. The molecule has 13 rings (SSSR count). The number of ether oxygens (including phenoxy) is 1. The third-order valence-electron chi connectivity index (χ3n) is 17.8. The number of nitrogens with one attached hydrogen (secondary N) is 2. The van der Waals surface area contributed by atoms with Crippen molar-refractivity contribution in [3.05, 3.63) is 71.6 Å². The highest BCUT2D eigenvalue weighted by molar-refractivity contribution is 6.03. The molecule has 2 amide bonds. The molecule has 2 saturated carbocycles. The second-order valence-corrected chi connectivity index (χ2v) is 22.4. The SMILES string of the molecule is CCc1c(F)ccc2cc(O)cc(-c3ncc4c(N5CC6CCC(C5)N6)nc(OCC5(CN6CCC7(CC6)CC(N6CCN(c8ccc9c(C%10CCC(=O)NC%10=O)nn(C)c9c8)CC6)C7)CC5)nc4c3F)c12. The van der Waals surface area contributed by atoms with E-state index in [0.29, 0.717) is 82.5 Å². The number of hydrogen-bond acceptors (Lipinski definition) is 13. The summed E-state index contributed by atoms with van der Waals surface area (Å²) in [4.78, 5) is 48.9. The first kappa shape index (κ1) is 45.8. The van der Waals surface area contributed by atoms with E-state index in [2.05, 4.69) is 53.4 Å². The number of phenolic OH excluding ortho intramolecular Hbond substituents is 1. The zero-order valence-electron chi connectivity index (χ0n) is 41.2. The average Bonchev–Trinajstić information content (AvgIpc) is 3.95. The minimum Gasteiger partial charge on any atom is -0.508 e. The fraction of sp³-hybridized carbons (Fsp3) is 0.527. The number of aryl methyl sites for hydroxylation is 2. The zero-order chi connectivity index (χ0) is 49.0. The molecule has 3 aromatic heterocycles. The molecule has 6 aromatic rings. The number of halogens is 2. The van der Waals surface area contributed by atoms with Crippen LogP contribution in [0.1, 0.15) is 88.3 Å². The van der Waals surface area contributed by atoms with Crippen molar-refractivity contribution in [1.29, 1.82) is 0 Å². The quantitative estimate of drug-likeness (QED) is 0.115. The number of hydrogen-bond donors (Lipinski definition) is 3. The number of carbonyl (C=O) groups excluding carboxylic acids is 2. The molecule has 3 atom stereocenters. The maximum atomic E-state index is 17.2. The van der Waals surface area contributed by atoms with Gasteiger partial charge in [0.05, 0.1) is 29.1 Å². The van der Waals surface area contributed by atoms with Crippen LogP contribution in [0, 0.1) is 22.5 Å². The van der Waals surface area contributed by atoms with Crippen LogP contribution in [0.3, 0.4) is 0 Å². The number of phenols is 1. The van der Waals surface area contributed by atoms with Crippen molar-refractivity contribution in [2.24, 2.45) is 17.9 Å². The zero-order valence-corrected chi connectivity index (χ0v) is 41.2. The third kappa shape index (κ3) is 8.10. The normalized spacial score (nSPS) is 24.4. The first-order chi connectivity index (χ1) is 34.9. The van der Waals surface area contributed by atoms with Crippen molar-refractivity contribution in [1.82, 2.24) is 45.2 Å². The van der Waals surface area contributed by atoms with E-state index in [1.165, 1.54) is 43.5 Å². The van der Waals surface area contributed by atoms with E-state index in [1.807, 2.05) is 18.7 Å². The van der Waals surface area contributed by atoms with E-state index in [0.717, 1.165) is 101 Å². The Labute approximate surface area is 417 Å². The van der Waals surface area contributed by atoms with Crippen molar-refractivity contribution in [3.8, 4) is 23.0 Å². The first-order valence-corrected chi connectivity index (χ1v) is 26.4. The number of nitrogens with zero attached hydrogens (tertiary/aromatic N) is 9. The van der Waals surface area contributed by atoms with Crippen molar-refractivity contribution >= 4 is 55.9 Å². The molecular weight excluding hydrogens is 917 g/mol. The molecule has 5 saturated heterocycles. The van der Waals surface area contributed by atoms with E-state index in [9.17, 15) is 14.7 Å². The largest absolute Gasteiger partial charge is 0.508 e. The Morgan fingerprint density at radius 3 is 2.39 bits per heavy atom. The van der Waals surface area contributed by atoms with E-state index in [4.69, 9.17) is 19.8 Å². The smallest absolute Gasteiger partial charge is 0.319 e. The third-order valence-corrected chi connectivity index (χ3v) is 17.8. The molecule has 17 heteroatoms. The van der Waals surface area contributed by atoms with Crippen LogP contribution in [0.4, 0.5) is 20.3 Å². The lowest BCUT2D eigenvalue weighted by Gasteiger charge is -2.56. The molecular formula is C55H63F2N11O4. The summed E-state index contributed by atoms with van der Waals surface area (Å²) < 4.78 is 40.9. The number of amides is 2. The van der Waals surface area contributed by atoms with Crippen LogP contribution < -0.4 is 25.2 Å². The predicted octanol–water partition coefficient (Wildman–Crippen LogP) is 6.96. The predicted molar refractivity (Wildman–Crippen MR) is 271 cm³/mol. The molecule has 5 aliphatic heterocycles. The second-order valence-electron chi connectivity index (χ2n) is 22.4. The van der Waals surface area contributed by atoms with Gasteiger partial charge in [0.1, 0.15) is 28.6 Å². The molecule has 15 nitrogen and oxygen atoms in total. The standard InChI is InChI=1S/C55H63F2N11O4/c1-3-38-43(56)10-4-32-22-37(69)24-41(46(32)38)49-47(57)50-42(27-58-49)51(68-28-33-5-6-34(29-68)59-33)62-53(61-50)72-31-55(12-13-55)30-65-16-14-54(15-17-65)25-36(26-54)67-20-18-66(19-21-67)35-7-8-39-44(23-35)64(2)63-48(39)40-9-11-45(70)60-52(40)71/h4,7-8,10,22-24,27,33-34,36,40,59,69H,3,5-6,9,11-21,25-26,28-31H2,1-2H3,(H,60,70,71). The topological polar surface area (TPSA) is 157 Å². The Morgan fingerprint density at radius 1 is 0.875 bits per heavy atom. The van der Waals surface area contributed by atoms with Crippen LogP contribution in [0.2, 0.25) is 0 Å². The number of benzene rings is 3. The van der Waals surface area contributed by atoms with Gasteiger partial charge in [-0.05, 0) is 135 Å². The van der Waals surface area contributed by atoms with Crippen LogP contribution >= 0.6 is 0 Å². The summed E-state index contributed by atoms with van der Waals surface area (Å²) in [5, 5.41) is 24.3. The van der Waals surface area contributed by atoms with Gasteiger partial charge in [0.15, 0.2) is 5.82 Å². The number of rotatable bonds is 11. The van der Waals surface area contributed by atoms with Crippen LogP contribution in [-0.2, 0) is 23.1 Å². The summed E-state index contributed by atoms with van der Waals surface area (Å²) in [7, 11) is 1.93. The number of aromatic nitrogens is 5. The fourth-order valence-corrected chi connectivity index (χ4v) is 13.6. The van der Waals surface area contributed by atoms with E-state index >= 15 is 8.78 Å². The number of aromatic hydroxyl groups is 1. The molecule has 0 radical (unpaired) electrons. The van der Waals surface area contributed by atoms with Crippen LogP contribution in [0.15, 0.2) is 48.7 Å². The Hall–Kier alpha value is -6.04. The summed E-state index contributed by atoms with van der Waals surface area (Å²) >= 11 is 0. The summed E-state index contributed by atoms with van der Waals surface area (Å²) in [6.45, 7) is 10.9. The minimum absolute atomic E-state index is 0.000862. The number of likely N-dealkylation sites (tertiary alicyclic amines) is 1. The highest BCUT2D eigenvalue weighted by atomic mass is 19.1. The van der Waals surface area contributed by atoms with Gasteiger partial charge in [-0.25, -0.2) is 8.78 Å². The van der Waals surface area contributed by atoms with Crippen molar-refractivity contribution < 1.29 is 28.2 Å². The summed E-state index contributed by atoms with van der Waals surface area (Å²) in [6, 6.07) is 13.9. The molecule has 1 spiro atoms. The molecule has 72 heavy (non-hydrogen) atoms. The van der Waals surface area contributed by atoms with Crippen molar-refractivity contribution in [2.75, 3.05) is 75.3 Å². The number of fused-ring (bicyclic) bond motifs is 5. The van der Waals surface area contributed by atoms with Crippen LogP contribution in [0.5, 0.6) is 11.8 Å². The van der Waals surface area contributed by atoms with E-state index < -0.39 is 11.7 Å². The fourth-order valence-electron chi connectivity index (χ4n) is 13.6. The Morgan fingerprint density at radius 2 is 1.65 bits per heavy atom. The van der Waals surface area contributed by atoms with Gasteiger partial charge in [0, 0.05) is 106 Å². The maximum Gasteiger partial charge on any atom is 0.319 e. The first-order valence-electron chi connectivity index (χ1n) is 26.4. The van der Waals surface area contributed by atoms with Gasteiger partial charge in [0.25, 0.3) is 0 Å². The average molecular weight is 980 g/mol. The van der Waals surface area contributed by atoms with Gasteiger partial charge in [-0.1, -0.05) is 13.0 Å². The van der Waals surface area contributed by atoms with Crippen LogP contribution in [-0.4, -0.2) is 135 Å². The summed E-state index contributed by atoms with van der Waals surface area (Å²) in [5.74, 6) is -1.35. The number of piperazine rings is 2. The lowest BCUT2D eigenvalue weighted by molar-refractivity contribution is -0.134. The van der Waals surface area contributed by atoms with Gasteiger partial charge in [0.2, 0.25) is 11.8 Å². The molecule has 2 bridgehead atoms. The Kier molecular flexibility index (Phi) is 11.2. The van der Waals surface area contributed by atoms with Crippen LogP contribution in [0.25, 0.3) is 43.8 Å². The molecule has 3 aromatic carbocycles. The van der Waals surface area contributed by atoms with Crippen molar-refractivity contribution in [2.45, 2.75) is 102 Å². The highest BCUT2D eigenvalue weighted by Crippen LogP contribution is 2.53. The molecule has 7 fully saturated rings. The lowest BCUT2D eigenvalue weighted by Crippen LogP contribution is -2.59. The van der Waals surface area contributed by atoms with Gasteiger partial charge in [-0.2, -0.15) is 15.1 Å². The molecule has 376 valence electrons. The van der Waals surface area contributed by atoms with Gasteiger partial charge < -0.3 is 29.9 Å². The molecule has 8 heterocycles. The number of carbonyl (C=O) groups is 2. The molecule has 7 aliphatic rings. The highest BCUT2D eigenvalue weighted by Gasteiger charge is 2.51.